The van der Waals surface area contributed by atoms with Crippen molar-refractivity contribution in [2.24, 2.45) is 0 Å². The Kier molecular flexibility index (Phi) is 24.4. The molecule has 28 aromatic rings. The first kappa shape index (κ1) is 89.6. The molecule has 5 nitrogen and oxygen atoms in total. The van der Waals surface area contributed by atoms with E-state index in [1.165, 1.54) is 198 Å². The van der Waals surface area contributed by atoms with Crippen molar-refractivity contribution >= 4 is 189 Å². The van der Waals surface area contributed by atoms with Crippen molar-refractivity contribution in [2.75, 3.05) is 0 Å². The molecule has 0 saturated heterocycles. The third-order valence-corrected chi connectivity index (χ3v) is 28.7. The van der Waals surface area contributed by atoms with Crippen LogP contribution in [-0.4, -0.2) is 22.8 Å². The van der Waals surface area contributed by atoms with Crippen molar-refractivity contribution in [3.05, 3.63) is 559 Å². The summed E-state index contributed by atoms with van der Waals surface area (Å²) in [5.41, 5.74) is 32.1. The first-order valence-corrected chi connectivity index (χ1v) is 50.1. The highest BCUT2D eigenvalue weighted by Crippen LogP contribution is 2.44. The molecule has 5 aromatic heterocycles. The lowest BCUT2D eigenvalue weighted by Crippen LogP contribution is -1.95. The third-order valence-electron chi connectivity index (χ3n) is 27.5. The summed E-state index contributed by atoms with van der Waals surface area (Å²) in [4.78, 5) is 0. The molecule has 0 bridgehead atoms. The zero-order valence-corrected chi connectivity index (χ0v) is 81.7. The van der Waals surface area contributed by atoms with Gasteiger partial charge in [0.15, 0.2) is 0 Å². The average molecular weight is 1950 g/mol. The summed E-state index contributed by atoms with van der Waals surface area (Å²) < 4.78 is 11.8. The number of fused-ring (bicyclic) bond motifs is 17. The monoisotopic (exact) mass is 1940 g/mol. The normalized spacial score (nSPS) is 11.4. The maximum atomic E-state index is 6.20. The van der Waals surface area contributed by atoms with Crippen LogP contribution < -0.4 is 0 Å². The highest BCUT2D eigenvalue weighted by Gasteiger charge is 2.22. The number of hydrogen-bond acceptors (Lipinski definition) is 0. The highest BCUT2D eigenvalue weighted by atomic mass is 35.5. The fourth-order valence-corrected chi connectivity index (χ4v) is 21.4. The summed E-state index contributed by atoms with van der Waals surface area (Å²) in [6, 6.07) is 187. The number of benzene rings is 23. The molecule has 0 unspecified atom stereocenters. The summed E-state index contributed by atoms with van der Waals surface area (Å²) in [7, 11) is 0. The third kappa shape index (κ3) is 17.4. The SMILES string of the molecule is Clc1ccc(-c2ccc3c4ccccc4n(-c4ccc(-c5ccccc5)cc4)c3c2)cc1.Clc1ccc(-c2ccc3c4ccccc4n(-c4ccc5ccccc5c4)c3c2)cc1.Clc1ccc(-c2ccc3c4ccccc4n(-c4cccc5ccccc45)c3c2)cc1.Clc1ccc(-c2ccc3c4ccccc4n(-c4ccccc4)c3c2)cc1.Clc1cccc(-c2ccc3c4ccccc4n(-c4ccccc4)c3c2)c1. The van der Waals surface area contributed by atoms with Gasteiger partial charge in [-0.05, 0) is 259 Å². The Morgan fingerprint density at radius 1 is 0.111 bits per heavy atom. The van der Waals surface area contributed by atoms with Crippen LogP contribution in [0.3, 0.4) is 0 Å². The Balaban J connectivity index is 0.0000000971. The van der Waals surface area contributed by atoms with Gasteiger partial charge >= 0.3 is 0 Å². The number of aromatic nitrogens is 5. The number of rotatable bonds is 11. The van der Waals surface area contributed by atoms with Gasteiger partial charge in [0.1, 0.15) is 0 Å². The second-order valence-electron chi connectivity index (χ2n) is 36.1. The summed E-state index contributed by atoms with van der Waals surface area (Å²) in [5.74, 6) is 0. The van der Waals surface area contributed by atoms with Gasteiger partial charge in [0.05, 0.1) is 60.9 Å². The number of nitrogens with zero attached hydrogens (tertiary/aromatic N) is 5. The van der Waals surface area contributed by atoms with Gasteiger partial charge in [-0.2, -0.15) is 0 Å². The van der Waals surface area contributed by atoms with E-state index in [1.807, 2.05) is 72.8 Å². The van der Waals surface area contributed by atoms with E-state index in [-0.39, 0.29) is 0 Å². The Hall–Kier alpha value is -17.0. The molecule has 0 atom stereocenters. The predicted molar refractivity (Wildman–Crippen MR) is 617 cm³/mol. The van der Waals surface area contributed by atoms with Gasteiger partial charge in [-0.15, -0.1) is 0 Å². The van der Waals surface area contributed by atoms with Gasteiger partial charge in [0.25, 0.3) is 0 Å². The van der Waals surface area contributed by atoms with Crippen molar-refractivity contribution < 1.29 is 0 Å². The minimum absolute atomic E-state index is 0.752. The number of hydrogen-bond donors (Lipinski definition) is 0. The topological polar surface area (TPSA) is 24.6 Å². The zero-order chi connectivity index (χ0) is 96.7. The quantitative estimate of drug-likeness (QED) is 0.123. The van der Waals surface area contributed by atoms with Crippen molar-refractivity contribution in [3.63, 3.8) is 0 Å². The summed E-state index contributed by atoms with van der Waals surface area (Å²) >= 11 is 30.6. The predicted octanol–water partition coefficient (Wildman–Crippen LogP) is 39.5. The Bertz CT molecular complexity index is 9650. The molecule has 684 valence electrons. The molecule has 5 heterocycles. The fraction of sp³-hybridized carbons (Fsp3) is 0. The largest absolute Gasteiger partial charge is 0.309 e. The first-order valence-electron chi connectivity index (χ1n) is 48.2. The van der Waals surface area contributed by atoms with Crippen LogP contribution in [0.1, 0.15) is 0 Å². The highest BCUT2D eigenvalue weighted by molar-refractivity contribution is 6.32. The van der Waals surface area contributed by atoms with E-state index in [9.17, 15) is 0 Å². The molecule has 10 heteroatoms. The molecule has 28 rings (SSSR count). The molecule has 23 aromatic carbocycles. The van der Waals surface area contributed by atoms with Crippen LogP contribution in [0, 0.1) is 0 Å². The molecule has 0 N–H and O–H groups in total. The Morgan fingerprint density at radius 2 is 0.347 bits per heavy atom. The second-order valence-corrected chi connectivity index (χ2v) is 38.3. The molecule has 0 aliphatic rings. The number of halogens is 5. The molecular formula is C134H88Cl5N5. The van der Waals surface area contributed by atoms with E-state index in [1.54, 1.807) is 0 Å². The van der Waals surface area contributed by atoms with E-state index in [0.29, 0.717) is 0 Å². The van der Waals surface area contributed by atoms with Gasteiger partial charge in [0.2, 0.25) is 0 Å². The van der Waals surface area contributed by atoms with Crippen molar-refractivity contribution in [1.29, 1.82) is 0 Å². The lowest BCUT2D eigenvalue weighted by Gasteiger charge is -2.12. The Morgan fingerprint density at radius 3 is 0.729 bits per heavy atom. The van der Waals surface area contributed by atoms with E-state index in [0.717, 1.165) is 53.1 Å². The van der Waals surface area contributed by atoms with Crippen LogP contribution in [0.15, 0.2) is 534 Å². The molecule has 144 heavy (non-hydrogen) atoms. The van der Waals surface area contributed by atoms with Crippen molar-refractivity contribution in [3.8, 4) is 95.2 Å². The second kappa shape index (κ2) is 39.3. The Labute approximate surface area is 858 Å². The van der Waals surface area contributed by atoms with Crippen molar-refractivity contribution in [2.45, 2.75) is 0 Å². The van der Waals surface area contributed by atoms with Gasteiger partial charge < -0.3 is 22.8 Å². The smallest absolute Gasteiger partial charge is 0.0547 e. The molecule has 0 aliphatic heterocycles. The van der Waals surface area contributed by atoms with Crippen LogP contribution in [0.2, 0.25) is 25.1 Å². The van der Waals surface area contributed by atoms with Crippen LogP contribution in [0.4, 0.5) is 0 Å². The molecule has 0 radical (unpaired) electrons. The molecule has 0 aliphatic carbocycles. The lowest BCUT2D eigenvalue weighted by molar-refractivity contribution is 1.18. The summed E-state index contributed by atoms with van der Waals surface area (Å²) in [6.45, 7) is 0. The van der Waals surface area contributed by atoms with Crippen LogP contribution in [-0.2, 0) is 0 Å². The minimum Gasteiger partial charge on any atom is -0.309 e. The van der Waals surface area contributed by atoms with E-state index >= 15 is 0 Å². The summed E-state index contributed by atoms with van der Waals surface area (Å²) in [5, 5.41) is 21.4. The maximum absolute atomic E-state index is 6.20. The van der Waals surface area contributed by atoms with Crippen LogP contribution in [0.5, 0.6) is 0 Å². The van der Waals surface area contributed by atoms with Crippen molar-refractivity contribution in [1.82, 2.24) is 22.8 Å². The van der Waals surface area contributed by atoms with Gasteiger partial charge in [0, 0.05) is 107 Å². The van der Waals surface area contributed by atoms with Crippen LogP contribution >= 0.6 is 58.0 Å². The van der Waals surface area contributed by atoms with E-state index in [4.69, 9.17) is 58.0 Å². The minimum atomic E-state index is 0.752. The number of para-hydroxylation sites is 7. The molecule has 0 spiro atoms. The van der Waals surface area contributed by atoms with E-state index in [2.05, 4.69) is 484 Å². The van der Waals surface area contributed by atoms with E-state index < -0.39 is 0 Å². The van der Waals surface area contributed by atoms with Crippen LogP contribution in [0.25, 0.3) is 226 Å². The molecule has 0 amide bonds. The lowest BCUT2D eigenvalue weighted by atomic mass is 10.0. The standard InChI is InChI=1S/C30H20ClN.2C28H18ClN.2C24H16ClN/c31-25-15-10-23(11-16-25)24-14-19-28-27-8-4-5-9-29(27)32(30(28)20-24)26-17-12-22(13-18-26)21-6-2-1-3-7-21;29-22-15-12-19(13-16-22)21-14-17-25-24-9-3-4-10-27(24)30(28(25)18-21)26-11-5-7-20-6-1-2-8-23(20)26;29-23-13-9-20(10-14-23)22-12-16-26-25-7-3-4-8-27(25)30(28(26)18-22)24-15-11-19-5-1-2-6-21(19)17-24;25-19-8-6-7-17(15-19)18-13-14-22-21-11-4-5-12-23(21)26(24(22)16-18)20-9-2-1-3-10-20;25-19-13-10-17(11-14-19)18-12-15-22-21-8-4-5-9-23(21)26(24(22)16-18)20-6-2-1-3-7-20/h1-20H;2*1-18H;2*1-16H. The summed E-state index contributed by atoms with van der Waals surface area (Å²) in [6.07, 6.45) is 0. The molecule has 0 fully saturated rings. The molecule has 0 saturated carbocycles. The van der Waals surface area contributed by atoms with Gasteiger partial charge in [-0.25, -0.2) is 0 Å². The molecular weight excluding hydrogens is 1860 g/mol. The zero-order valence-electron chi connectivity index (χ0n) is 77.9. The van der Waals surface area contributed by atoms with Gasteiger partial charge in [-0.3, -0.25) is 0 Å². The fourth-order valence-electron chi connectivity index (χ4n) is 20.7. The average Bonchev–Trinajstić information content (AvgIpc) is 1.58. The first-order chi connectivity index (χ1) is 71.0. The maximum Gasteiger partial charge on any atom is 0.0547 e. The van der Waals surface area contributed by atoms with Gasteiger partial charge in [-0.1, -0.05) is 416 Å².